The Hall–Kier alpha value is -2.40. The lowest BCUT2D eigenvalue weighted by atomic mass is 10.1. The second-order valence-corrected chi connectivity index (χ2v) is 5.02. The second-order valence-electron chi connectivity index (χ2n) is 4.58. The van der Waals surface area contributed by atoms with E-state index in [9.17, 15) is 0 Å². The third-order valence-electron chi connectivity index (χ3n) is 2.76. The van der Waals surface area contributed by atoms with Crippen molar-refractivity contribution in [3.05, 3.63) is 65.2 Å². The van der Waals surface area contributed by atoms with Crippen molar-refractivity contribution in [1.82, 2.24) is 5.43 Å². The number of nitrogens with zero attached hydrogens (tertiary/aromatic N) is 1. The summed E-state index contributed by atoms with van der Waals surface area (Å²) in [6.07, 6.45) is 1.64. The van der Waals surface area contributed by atoms with Gasteiger partial charge in [-0.15, -0.1) is 0 Å². The van der Waals surface area contributed by atoms with Gasteiger partial charge in [0.2, 0.25) is 0 Å². The maximum Gasteiger partial charge on any atom is 0.184 e. The van der Waals surface area contributed by atoms with Crippen LogP contribution in [0.25, 0.3) is 0 Å². The molecule has 0 radical (unpaired) electrons. The zero-order valence-electron chi connectivity index (χ0n) is 11.7. The largest absolute Gasteiger partial charge is 0.489 e. The number of nitrogens with one attached hydrogen (secondary N) is 1. The van der Waals surface area contributed by atoms with Crippen molar-refractivity contribution in [2.24, 2.45) is 10.8 Å². The summed E-state index contributed by atoms with van der Waals surface area (Å²) in [6.45, 7) is 2.62. The monoisotopic (exact) mass is 299 g/mol. The summed E-state index contributed by atoms with van der Waals surface area (Å²) >= 11 is 4.65. The van der Waals surface area contributed by atoms with Crippen LogP contribution in [-0.2, 0) is 6.61 Å². The Morgan fingerprint density at radius 2 is 2.05 bits per heavy atom. The van der Waals surface area contributed by atoms with Crippen molar-refractivity contribution < 1.29 is 4.74 Å². The van der Waals surface area contributed by atoms with Crippen LogP contribution in [-0.4, -0.2) is 11.3 Å². The van der Waals surface area contributed by atoms with Gasteiger partial charge in [0.1, 0.15) is 12.4 Å². The Morgan fingerprint density at radius 3 is 2.71 bits per heavy atom. The van der Waals surface area contributed by atoms with Gasteiger partial charge in [-0.25, -0.2) is 0 Å². The molecular formula is C16H17N3OS. The number of hydrazone groups is 1. The Labute approximate surface area is 129 Å². The molecule has 2 aromatic rings. The molecule has 0 heterocycles. The van der Waals surface area contributed by atoms with Crippen molar-refractivity contribution in [3.8, 4) is 5.75 Å². The summed E-state index contributed by atoms with van der Waals surface area (Å²) in [5.41, 5.74) is 11.1. The molecular weight excluding hydrogens is 282 g/mol. The lowest BCUT2D eigenvalue weighted by Crippen LogP contribution is -2.23. The standard InChI is InChI=1S/C16H17N3OS/c1-12-3-2-4-14(9-12)11-20-15-7-5-13(6-8-15)10-18-19-16(17)21/h2-10H,11H2,1H3,(H3,17,19,21). The molecule has 0 atom stereocenters. The summed E-state index contributed by atoms with van der Waals surface area (Å²) in [7, 11) is 0. The molecule has 0 unspecified atom stereocenters. The van der Waals surface area contributed by atoms with Crippen LogP contribution in [0.3, 0.4) is 0 Å². The maximum atomic E-state index is 5.74. The van der Waals surface area contributed by atoms with E-state index in [4.69, 9.17) is 10.5 Å². The quantitative estimate of drug-likeness (QED) is 0.506. The summed E-state index contributed by atoms with van der Waals surface area (Å²) < 4.78 is 5.74. The average molecular weight is 299 g/mol. The van der Waals surface area contributed by atoms with Gasteiger partial charge in [-0.05, 0) is 54.5 Å². The third kappa shape index (κ3) is 5.24. The highest BCUT2D eigenvalue weighted by Crippen LogP contribution is 2.14. The maximum absolute atomic E-state index is 5.74. The first-order chi connectivity index (χ1) is 10.1. The SMILES string of the molecule is Cc1cccc(COc2ccc(C=NNC(N)=S)cc2)c1. The number of hydrogen-bond acceptors (Lipinski definition) is 3. The summed E-state index contributed by atoms with van der Waals surface area (Å²) in [5.74, 6) is 0.816. The van der Waals surface area contributed by atoms with E-state index < -0.39 is 0 Å². The number of aryl methyl sites for hydroxylation is 1. The number of rotatable bonds is 5. The van der Waals surface area contributed by atoms with Crippen LogP contribution < -0.4 is 15.9 Å². The predicted molar refractivity (Wildman–Crippen MR) is 89.5 cm³/mol. The van der Waals surface area contributed by atoms with Crippen LogP contribution >= 0.6 is 12.2 Å². The zero-order chi connectivity index (χ0) is 15.1. The van der Waals surface area contributed by atoms with E-state index in [1.807, 2.05) is 30.3 Å². The number of nitrogens with two attached hydrogens (primary N) is 1. The molecule has 108 valence electrons. The van der Waals surface area contributed by atoms with Crippen molar-refractivity contribution >= 4 is 23.5 Å². The van der Waals surface area contributed by atoms with Crippen molar-refractivity contribution in [1.29, 1.82) is 0 Å². The zero-order valence-corrected chi connectivity index (χ0v) is 12.6. The minimum Gasteiger partial charge on any atom is -0.489 e. The van der Waals surface area contributed by atoms with Crippen molar-refractivity contribution in [2.75, 3.05) is 0 Å². The highest BCUT2D eigenvalue weighted by atomic mass is 32.1. The Balaban J connectivity index is 1.90. The molecule has 2 rings (SSSR count). The van der Waals surface area contributed by atoms with Crippen molar-refractivity contribution in [3.63, 3.8) is 0 Å². The molecule has 0 bridgehead atoms. The highest BCUT2D eigenvalue weighted by molar-refractivity contribution is 7.80. The summed E-state index contributed by atoms with van der Waals surface area (Å²) in [4.78, 5) is 0. The number of benzene rings is 2. The number of hydrogen-bond donors (Lipinski definition) is 2. The molecule has 0 aliphatic rings. The predicted octanol–water partition coefficient (Wildman–Crippen LogP) is 2.74. The molecule has 5 heteroatoms. The van der Waals surface area contributed by atoms with Gasteiger partial charge in [-0.1, -0.05) is 29.8 Å². The first-order valence-corrected chi connectivity index (χ1v) is 6.91. The fourth-order valence-corrected chi connectivity index (χ4v) is 1.84. The lowest BCUT2D eigenvalue weighted by molar-refractivity contribution is 0.306. The Kier molecular flexibility index (Phi) is 5.29. The van der Waals surface area contributed by atoms with Crippen LogP contribution in [0.4, 0.5) is 0 Å². The van der Waals surface area contributed by atoms with Gasteiger partial charge in [0.15, 0.2) is 5.11 Å². The molecule has 0 fully saturated rings. The van der Waals surface area contributed by atoms with Crippen LogP contribution in [0, 0.1) is 6.92 Å². The third-order valence-corrected chi connectivity index (χ3v) is 2.85. The molecule has 0 spiro atoms. The molecule has 21 heavy (non-hydrogen) atoms. The van der Waals surface area contributed by atoms with E-state index >= 15 is 0 Å². The summed E-state index contributed by atoms with van der Waals surface area (Å²) in [5, 5.41) is 4.03. The van der Waals surface area contributed by atoms with Gasteiger partial charge >= 0.3 is 0 Å². The van der Waals surface area contributed by atoms with Crippen LogP contribution in [0.1, 0.15) is 16.7 Å². The van der Waals surface area contributed by atoms with Crippen LogP contribution in [0.15, 0.2) is 53.6 Å². The molecule has 0 aromatic heterocycles. The van der Waals surface area contributed by atoms with Gasteiger partial charge in [0.25, 0.3) is 0 Å². The lowest BCUT2D eigenvalue weighted by Gasteiger charge is -2.07. The molecule has 0 saturated heterocycles. The fraction of sp³-hybridized carbons (Fsp3) is 0.125. The molecule has 2 aromatic carbocycles. The normalized spacial score (nSPS) is 10.5. The molecule has 0 amide bonds. The molecule has 0 aliphatic heterocycles. The summed E-state index contributed by atoms with van der Waals surface area (Å²) in [6, 6.07) is 15.9. The molecule has 0 saturated carbocycles. The van der Waals surface area contributed by atoms with E-state index in [1.54, 1.807) is 6.21 Å². The number of thiocarbonyl (C=S) groups is 1. The molecule has 3 N–H and O–H groups in total. The van der Waals surface area contributed by atoms with Gasteiger partial charge < -0.3 is 10.5 Å². The van der Waals surface area contributed by atoms with Gasteiger partial charge in [0.05, 0.1) is 6.21 Å². The first-order valence-electron chi connectivity index (χ1n) is 6.50. The van der Waals surface area contributed by atoms with Crippen LogP contribution in [0.2, 0.25) is 0 Å². The van der Waals surface area contributed by atoms with Gasteiger partial charge in [-0.2, -0.15) is 5.10 Å². The fourth-order valence-electron chi connectivity index (χ4n) is 1.79. The topological polar surface area (TPSA) is 59.6 Å². The van der Waals surface area contributed by atoms with E-state index in [0.29, 0.717) is 6.61 Å². The van der Waals surface area contributed by atoms with Gasteiger partial charge in [0, 0.05) is 0 Å². The van der Waals surface area contributed by atoms with Gasteiger partial charge in [-0.3, -0.25) is 5.43 Å². The smallest absolute Gasteiger partial charge is 0.184 e. The highest BCUT2D eigenvalue weighted by Gasteiger charge is 1.97. The van der Waals surface area contributed by atoms with Crippen LogP contribution in [0.5, 0.6) is 5.75 Å². The molecule has 0 aliphatic carbocycles. The Bertz CT molecular complexity index is 638. The molecule has 4 nitrogen and oxygen atoms in total. The minimum atomic E-state index is 0.143. The average Bonchev–Trinajstić information content (AvgIpc) is 2.46. The van der Waals surface area contributed by atoms with Crippen molar-refractivity contribution in [2.45, 2.75) is 13.5 Å². The van der Waals surface area contributed by atoms with E-state index in [-0.39, 0.29) is 5.11 Å². The first kappa shape index (κ1) is 15.0. The minimum absolute atomic E-state index is 0.143. The van der Waals surface area contributed by atoms with E-state index in [2.05, 4.69) is 47.9 Å². The second kappa shape index (κ2) is 7.40. The number of ether oxygens (including phenoxy) is 1. The van der Waals surface area contributed by atoms with E-state index in [1.165, 1.54) is 5.56 Å². The van der Waals surface area contributed by atoms with E-state index in [0.717, 1.165) is 16.9 Å². The Morgan fingerprint density at radius 1 is 1.29 bits per heavy atom.